The van der Waals surface area contributed by atoms with Crippen molar-refractivity contribution < 1.29 is 9.53 Å². The van der Waals surface area contributed by atoms with Gasteiger partial charge in [-0.3, -0.25) is 4.79 Å². The van der Waals surface area contributed by atoms with Gasteiger partial charge >= 0.3 is 0 Å². The fraction of sp³-hybridized carbons (Fsp3) is 0.435. The molecule has 1 saturated heterocycles. The Kier molecular flexibility index (Phi) is 5.36. The number of aromatic nitrogens is 3. The van der Waals surface area contributed by atoms with Crippen molar-refractivity contribution >= 4 is 22.8 Å². The maximum Gasteiger partial charge on any atom is 0.240 e. The molecule has 1 aromatic carbocycles. The predicted molar refractivity (Wildman–Crippen MR) is 116 cm³/mol. The van der Waals surface area contributed by atoms with Crippen LogP contribution in [-0.4, -0.2) is 52.8 Å². The van der Waals surface area contributed by atoms with Crippen LogP contribution in [0.3, 0.4) is 0 Å². The van der Waals surface area contributed by atoms with Gasteiger partial charge in [-0.1, -0.05) is 43.2 Å². The molecule has 1 aliphatic carbocycles. The van der Waals surface area contributed by atoms with E-state index in [2.05, 4.69) is 32.3 Å². The van der Waals surface area contributed by atoms with Crippen LogP contribution >= 0.6 is 0 Å². The van der Waals surface area contributed by atoms with Crippen molar-refractivity contribution in [2.75, 3.05) is 31.2 Å². The highest BCUT2D eigenvalue weighted by atomic mass is 16.5. The molecule has 0 radical (unpaired) electrons. The number of benzene rings is 1. The van der Waals surface area contributed by atoms with Gasteiger partial charge in [0, 0.05) is 30.9 Å². The molecule has 156 valence electrons. The molecule has 0 spiro atoms. The lowest BCUT2D eigenvalue weighted by molar-refractivity contribution is -0.122. The second-order valence-electron chi connectivity index (χ2n) is 8.08. The number of fused-ring (bicyclic) bond motifs is 1. The molecule has 2 fully saturated rings. The normalized spacial score (nSPS) is 17.5. The Morgan fingerprint density at radius 1 is 1.10 bits per heavy atom. The van der Waals surface area contributed by atoms with Crippen LogP contribution in [0, 0.1) is 0 Å². The first-order valence-corrected chi connectivity index (χ1v) is 10.8. The zero-order valence-electron chi connectivity index (χ0n) is 17.1. The Labute approximate surface area is 176 Å². The summed E-state index contributed by atoms with van der Waals surface area (Å²) in [5.41, 5.74) is 3.91. The summed E-state index contributed by atoms with van der Waals surface area (Å²) >= 11 is 0. The van der Waals surface area contributed by atoms with Gasteiger partial charge in [0.05, 0.1) is 13.2 Å². The first-order valence-electron chi connectivity index (χ1n) is 10.8. The first-order chi connectivity index (χ1) is 14.8. The van der Waals surface area contributed by atoms with Crippen molar-refractivity contribution in [2.45, 2.75) is 38.3 Å². The van der Waals surface area contributed by atoms with Crippen LogP contribution < -0.4 is 10.2 Å². The molecule has 1 N–H and O–H groups in total. The number of carbonyl (C=O) groups excluding carboxylic acids is 1. The van der Waals surface area contributed by atoms with E-state index in [4.69, 9.17) is 4.74 Å². The van der Waals surface area contributed by atoms with Crippen molar-refractivity contribution in [3.8, 4) is 11.1 Å². The van der Waals surface area contributed by atoms with Gasteiger partial charge in [0.15, 0.2) is 5.82 Å². The van der Waals surface area contributed by atoms with Gasteiger partial charge in [-0.15, -0.1) is 0 Å². The third-order valence-electron chi connectivity index (χ3n) is 6.06. The van der Waals surface area contributed by atoms with Gasteiger partial charge < -0.3 is 19.5 Å². The molecule has 1 aliphatic heterocycles. The second kappa shape index (κ2) is 8.44. The number of morpholine rings is 1. The molecule has 0 bridgehead atoms. The van der Waals surface area contributed by atoms with E-state index in [1.807, 2.05) is 29.0 Å². The van der Waals surface area contributed by atoms with E-state index in [9.17, 15) is 4.79 Å². The third kappa shape index (κ3) is 3.77. The molecule has 3 aromatic rings. The lowest BCUT2D eigenvalue weighted by Crippen LogP contribution is -2.37. The standard InChI is InChI=1S/C23H27N5O2/c29-20(26-18-8-4-5-9-18)15-28-14-19(17-6-2-1-3-7-17)21-22(28)23(25-16-24-21)27-10-12-30-13-11-27/h1-3,6-7,14,16,18H,4-5,8-13,15H2,(H,26,29). The van der Waals surface area contributed by atoms with Gasteiger partial charge in [0.1, 0.15) is 23.9 Å². The Morgan fingerprint density at radius 2 is 1.87 bits per heavy atom. The van der Waals surface area contributed by atoms with Crippen molar-refractivity contribution in [3.63, 3.8) is 0 Å². The molecule has 0 unspecified atom stereocenters. The molecule has 2 aliphatic rings. The predicted octanol–water partition coefficient (Wildman–Crippen LogP) is 2.99. The highest BCUT2D eigenvalue weighted by molar-refractivity contribution is 5.99. The zero-order valence-corrected chi connectivity index (χ0v) is 17.1. The number of amides is 1. The molecular weight excluding hydrogens is 378 g/mol. The SMILES string of the molecule is O=C(Cn1cc(-c2ccccc2)c2ncnc(N3CCOCC3)c21)NC1CCCC1. The first kappa shape index (κ1) is 19.1. The summed E-state index contributed by atoms with van der Waals surface area (Å²) in [6, 6.07) is 10.5. The van der Waals surface area contributed by atoms with Crippen molar-refractivity contribution in [1.82, 2.24) is 19.9 Å². The molecule has 3 heterocycles. The monoisotopic (exact) mass is 405 g/mol. The highest BCUT2D eigenvalue weighted by Gasteiger charge is 2.23. The summed E-state index contributed by atoms with van der Waals surface area (Å²) in [6.45, 7) is 3.20. The van der Waals surface area contributed by atoms with Crippen molar-refractivity contribution in [3.05, 3.63) is 42.9 Å². The topological polar surface area (TPSA) is 72.3 Å². The number of nitrogens with zero attached hydrogens (tertiary/aromatic N) is 4. The van der Waals surface area contributed by atoms with Crippen LogP contribution in [0.1, 0.15) is 25.7 Å². The summed E-state index contributed by atoms with van der Waals surface area (Å²) in [4.78, 5) is 24.3. The second-order valence-corrected chi connectivity index (χ2v) is 8.08. The molecular formula is C23H27N5O2. The minimum absolute atomic E-state index is 0.0511. The van der Waals surface area contributed by atoms with E-state index in [0.717, 1.165) is 53.9 Å². The quantitative estimate of drug-likeness (QED) is 0.707. The number of ether oxygens (including phenoxy) is 1. The van der Waals surface area contributed by atoms with Crippen molar-refractivity contribution in [2.24, 2.45) is 0 Å². The average Bonchev–Trinajstić information content (AvgIpc) is 3.43. The van der Waals surface area contributed by atoms with Crippen LogP contribution in [0.4, 0.5) is 5.82 Å². The maximum atomic E-state index is 12.8. The number of anilines is 1. The Hall–Kier alpha value is -2.93. The maximum absolute atomic E-state index is 12.8. The molecule has 7 nitrogen and oxygen atoms in total. The van der Waals surface area contributed by atoms with Crippen molar-refractivity contribution in [1.29, 1.82) is 0 Å². The van der Waals surface area contributed by atoms with E-state index < -0.39 is 0 Å². The molecule has 7 heteroatoms. The summed E-state index contributed by atoms with van der Waals surface area (Å²) < 4.78 is 7.54. The number of hydrogen-bond acceptors (Lipinski definition) is 5. The minimum Gasteiger partial charge on any atom is -0.378 e. The van der Waals surface area contributed by atoms with Crippen LogP contribution in [0.2, 0.25) is 0 Å². The van der Waals surface area contributed by atoms with Gasteiger partial charge in [-0.25, -0.2) is 9.97 Å². The molecule has 2 aromatic heterocycles. The summed E-state index contributed by atoms with van der Waals surface area (Å²) in [7, 11) is 0. The molecule has 1 amide bonds. The van der Waals surface area contributed by atoms with E-state index >= 15 is 0 Å². The molecule has 1 saturated carbocycles. The molecule has 0 atom stereocenters. The Morgan fingerprint density at radius 3 is 2.63 bits per heavy atom. The van der Waals surface area contributed by atoms with Crippen LogP contribution in [0.5, 0.6) is 0 Å². The number of nitrogens with one attached hydrogen (secondary N) is 1. The van der Waals surface area contributed by atoms with Crippen LogP contribution in [-0.2, 0) is 16.1 Å². The van der Waals surface area contributed by atoms with E-state index in [0.29, 0.717) is 19.3 Å². The largest absolute Gasteiger partial charge is 0.378 e. The lowest BCUT2D eigenvalue weighted by Gasteiger charge is -2.28. The fourth-order valence-electron chi connectivity index (χ4n) is 4.57. The average molecular weight is 406 g/mol. The number of rotatable bonds is 5. The van der Waals surface area contributed by atoms with Crippen LogP contribution in [0.25, 0.3) is 22.2 Å². The number of hydrogen-bond donors (Lipinski definition) is 1. The minimum atomic E-state index is 0.0511. The zero-order chi connectivity index (χ0) is 20.3. The molecule has 30 heavy (non-hydrogen) atoms. The Balaban J connectivity index is 1.55. The third-order valence-corrected chi connectivity index (χ3v) is 6.06. The van der Waals surface area contributed by atoms with E-state index in [1.54, 1.807) is 6.33 Å². The van der Waals surface area contributed by atoms with Crippen LogP contribution in [0.15, 0.2) is 42.9 Å². The summed E-state index contributed by atoms with van der Waals surface area (Å²) in [6.07, 6.45) is 8.23. The lowest BCUT2D eigenvalue weighted by atomic mass is 10.1. The van der Waals surface area contributed by atoms with E-state index in [1.165, 1.54) is 12.8 Å². The van der Waals surface area contributed by atoms with Gasteiger partial charge in [0.2, 0.25) is 5.91 Å². The van der Waals surface area contributed by atoms with Gasteiger partial charge in [-0.2, -0.15) is 0 Å². The van der Waals surface area contributed by atoms with E-state index in [-0.39, 0.29) is 12.5 Å². The number of carbonyl (C=O) groups is 1. The van der Waals surface area contributed by atoms with Gasteiger partial charge in [0.25, 0.3) is 0 Å². The Bertz CT molecular complexity index is 1020. The van der Waals surface area contributed by atoms with Gasteiger partial charge in [-0.05, 0) is 18.4 Å². The summed E-state index contributed by atoms with van der Waals surface area (Å²) in [5.74, 6) is 0.925. The summed E-state index contributed by atoms with van der Waals surface area (Å²) in [5, 5.41) is 3.21. The molecule has 5 rings (SSSR count). The smallest absolute Gasteiger partial charge is 0.240 e. The highest BCUT2D eigenvalue weighted by Crippen LogP contribution is 2.33. The fourth-order valence-corrected chi connectivity index (χ4v) is 4.57.